The van der Waals surface area contributed by atoms with Crippen LogP contribution in [0.3, 0.4) is 0 Å². The van der Waals surface area contributed by atoms with Crippen LogP contribution in [0.2, 0.25) is 5.02 Å². The van der Waals surface area contributed by atoms with E-state index in [0.29, 0.717) is 36.8 Å². The van der Waals surface area contributed by atoms with Crippen molar-refractivity contribution < 1.29 is 23.9 Å². The Morgan fingerprint density at radius 2 is 1.93 bits per heavy atom. The lowest BCUT2D eigenvalue weighted by molar-refractivity contribution is -0.134. The molecule has 0 radical (unpaired) electrons. The van der Waals surface area contributed by atoms with Crippen LogP contribution in [0.25, 0.3) is 0 Å². The molecule has 1 aliphatic heterocycles. The van der Waals surface area contributed by atoms with Gasteiger partial charge in [0.15, 0.2) is 0 Å². The van der Waals surface area contributed by atoms with Crippen LogP contribution in [-0.4, -0.2) is 55.1 Å². The molecule has 1 atom stereocenters. The zero-order chi connectivity index (χ0) is 20.7. The summed E-state index contributed by atoms with van der Waals surface area (Å²) in [6.07, 6.45) is 0.599. The quantitative estimate of drug-likeness (QED) is 0.442. The number of ether oxygens (including phenoxy) is 1. The zero-order valence-electron chi connectivity index (χ0n) is 15.7. The summed E-state index contributed by atoms with van der Waals surface area (Å²) in [5.74, 6) is -1.36. The molecule has 2 rings (SSSR count). The summed E-state index contributed by atoms with van der Waals surface area (Å²) < 4.78 is 5.14. The molecule has 0 bridgehead atoms. The number of imide groups is 2. The lowest BCUT2D eigenvalue weighted by Crippen LogP contribution is -2.47. The molecule has 3 N–H and O–H groups in total. The Hall–Kier alpha value is -2.65. The van der Waals surface area contributed by atoms with Gasteiger partial charge in [-0.15, -0.1) is 0 Å². The second-order valence-corrected chi connectivity index (χ2v) is 6.74. The summed E-state index contributed by atoms with van der Waals surface area (Å²) in [6, 6.07) is 5.04. The molecule has 152 valence electrons. The third-order valence-corrected chi connectivity index (χ3v) is 4.46. The maximum Gasteiger partial charge on any atom is 0.325 e. The number of nitrogens with one attached hydrogen (secondary N) is 3. The van der Waals surface area contributed by atoms with E-state index < -0.39 is 36.0 Å². The highest BCUT2D eigenvalue weighted by Gasteiger charge is 2.49. The molecule has 0 spiro atoms. The van der Waals surface area contributed by atoms with Crippen molar-refractivity contribution in [2.75, 3.05) is 26.3 Å². The third-order valence-electron chi connectivity index (χ3n) is 4.21. The molecule has 0 aliphatic carbocycles. The highest BCUT2D eigenvalue weighted by atomic mass is 35.5. The summed E-state index contributed by atoms with van der Waals surface area (Å²) in [6.45, 7) is 4.26. The van der Waals surface area contributed by atoms with E-state index in [4.69, 9.17) is 16.3 Å². The Balaban J connectivity index is 1.90. The molecule has 1 aromatic carbocycles. The first-order chi connectivity index (χ1) is 13.3. The first kappa shape index (κ1) is 21.6. The van der Waals surface area contributed by atoms with Gasteiger partial charge in [0.25, 0.3) is 5.91 Å². The molecule has 1 saturated heterocycles. The van der Waals surface area contributed by atoms with Gasteiger partial charge in [0.05, 0.1) is 0 Å². The molecule has 1 fully saturated rings. The van der Waals surface area contributed by atoms with Crippen LogP contribution in [0.15, 0.2) is 24.3 Å². The van der Waals surface area contributed by atoms with Gasteiger partial charge in [0.2, 0.25) is 5.91 Å². The Labute approximate surface area is 167 Å². The van der Waals surface area contributed by atoms with Crippen LogP contribution in [-0.2, 0) is 19.9 Å². The van der Waals surface area contributed by atoms with Crippen molar-refractivity contribution in [3.8, 4) is 0 Å². The number of nitrogens with zero attached hydrogens (tertiary/aromatic N) is 1. The van der Waals surface area contributed by atoms with E-state index in [1.807, 2.05) is 6.92 Å². The molecule has 0 aromatic heterocycles. The first-order valence-corrected chi connectivity index (χ1v) is 9.21. The lowest BCUT2D eigenvalue weighted by Gasteiger charge is -2.22. The number of amides is 6. The average molecular weight is 411 g/mol. The second-order valence-electron chi connectivity index (χ2n) is 6.31. The maximum absolute atomic E-state index is 12.7. The van der Waals surface area contributed by atoms with Crippen molar-refractivity contribution in [1.82, 2.24) is 20.9 Å². The van der Waals surface area contributed by atoms with Crippen molar-refractivity contribution in [3.05, 3.63) is 34.9 Å². The smallest absolute Gasteiger partial charge is 0.325 e. The predicted octanol–water partition coefficient (Wildman–Crippen LogP) is 1.36. The minimum absolute atomic E-state index is 0.330. The van der Waals surface area contributed by atoms with Crippen LogP contribution in [0, 0.1) is 0 Å². The van der Waals surface area contributed by atoms with E-state index in [1.165, 1.54) is 0 Å². The summed E-state index contributed by atoms with van der Waals surface area (Å²) in [5.41, 5.74) is -0.783. The Morgan fingerprint density at radius 1 is 1.25 bits per heavy atom. The molecule has 10 heteroatoms. The number of halogens is 1. The molecular formula is C18H23ClN4O5. The van der Waals surface area contributed by atoms with Crippen LogP contribution in [0.4, 0.5) is 9.59 Å². The van der Waals surface area contributed by atoms with E-state index in [9.17, 15) is 19.2 Å². The average Bonchev–Trinajstić information content (AvgIpc) is 2.86. The molecule has 0 saturated carbocycles. The van der Waals surface area contributed by atoms with Gasteiger partial charge in [0, 0.05) is 24.8 Å². The van der Waals surface area contributed by atoms with Crippen LogP contribution < -0.4 is 16.0 Å². The molecule has 9 nitrogen and oxygen atoms in total. The molecular weight excluding hydrogens is 388 g/mol. The van der Waals surface area contributed by atoms with E-state index in [0.717, 1.165) is 4.90 Å². The van der Waals surface area contributed by atoms with Crippen molar-refractivity contribution in [3.63, 3.8) is 0 Å². The number of urea groups is 2. The fraction of sp³-hybridized carbons (Fsp3) is 0.444. The van der Waals surface area contributed by atoms with E-state index in [1.54, 1.807) is 31.2 Å². The maximum atomic E-state index is 12.7. The lowest BCUT2D eigenvalue weighted by atomic mass is 9.92. The van der Waals surface area contributed by atoms with Crippen LogP contribution in [0.5, 0.6) is 0 Å². The Morgan fingerprint density at radius 3 is 2.57 bits per heavy atom. The van der Waals surface area contributed by atoms with Crippen molar-refractivity contribution >= 4 is 35.5 Å². The molecule has 1 aliphatic rings. The Kier molecular flexibility index (Phi) is 7.36. The van der Waals surface area contributed by atoms with E-state index in [-0.39, 0.29) is 0 Å². The summed E-state index contributed by atoms with van der Waals surface area (Å²) in [5, 5.41) is 7.66. The van der Waals surface area contributed by atoms with Crippen LogP contribution >= 0.6 is 11.6 Å². The number of carbonyl (C=O) groups excluding carboxylic acids is 4. The van der Waals surface area contributed by atoms with E-state index in [2.05, 4.69) is 16.0 Å². The minimum atomic E-state index is -1.32. The van der Waals surface area contributed by atoms with Gasteiger partial charge < -0.3 is 15.4 Å². The molecule has 6 amide bonds. The van der Waals surface area contributed by atoms with Gasteiger partial charge in [0.1, 0.15) is 12.1 Å². The number of hydrogen-bond donors (Lipinski definition) is 3. The predicted molar refractivity (Wildman–Crippen MR) is 102 cm³/mol. The first-order valence-electron chi connectivity index (χ1n) is 8.83. The number of benzene rings is 1. The number of carbonyl (C=O) groups is 4. The second kappa shape index (κ2) is 9.52. The highest BCUT2D eigenvalue weighted by molar-refractivity contribution is 6.30. The van der Waals surface area contributed by atoms with Crippen molar-refractivity contribution in [1.29, 1.82) is 0 Å². The van der Waals surface area contributed by atoms with Gasteiger partial charge in [-0.2, -0.15) is 0 Å². The van der Waals surface area contributed by atoms with E-state index >= 15 is 0 Å². The van der Waals surface area contributed by atoms with Gasteiger partial charge in [-0.1, -0.05) is 23.7 Å². The normalized spacial score (nSPS) is 18.8. The highest BCUT2D eigenvalue weighted by Crippen LogP contribution is 2.29. The molecule has 1 heterocycles. The minimum Gasteiger partial charge on any atom is -0.382 e. The van der Waals surface area contributed by atoms with Gasteiger partial charge in [-0.25, -0.2) is 9.59 Å². The summed E-state index contributed by atoms with van der Waals surface area (Å²) >= 11 is 5.86. The molecule has 1 unspecified atom stereocenters. The number of hydrogen-bond acceptors (Lipinski definition) is 5. The SMILES string of the molecule is CCOCCCNC(=O)NC(=O)CN1C(=O)NC(C)(c2ccc(Cl)cc2)C1=O. The van der Waals surface area contributed by atoms with Crippen LogP contribution in [0.1, 0.15) is 25.8 Å². The Bertz CT molecular complexity index is 755. The van der Waals surface area contributed by atoms with Gasteiger partial charge in [-0.05, 0) is 38.0 Å². The van der Waals surface area contributed by atoms with Crippen molar-refractivity contribution in [2.45, 2.75) is 25.8 Å². The fourth-order valence-corrected chi connectivity index (χ4v) is 2.82. The summed E-state index contributed by atoms with van der Waals surface area (Å²) in [7, 11) is 0. The fourth-order valence-electron chi connectivity index (χ4n) is 2.69. The largest absolute Gasteiger partial charge is 0.382 e. The zero-order valence-corrected chi connectivity index (χ0v) is 16.5. The standard InChI is InChI=1S/C18H23ClN4O5/c1-3-28-10-4-9-20-16(26)21-14(24)11-23-15(25)18(2,22-17(23)27)12-5-7-13(19)8-6-12/h5-8H,3-4,9-11H2,1-2H3,(H,22,27)(H2,20,21,24,26). The topological polar surface area (TPSA) is 117 Å². The molecule has 1 aromatic rings. The van der Waals surface area contributed by atoms with Gasteiger partial charge in [-0.3, -0.25) is 19.8 Å². The van der Waals surface area contributed by atoms with Gasteiger partial charge >= 0.3 is 12.1 Å². The number of rotatable bonds is 8. The summed E-state index contributed by atoms with van der Waals surface area (Å²) in [4.78, 5) is 49.5. The van der Waals surface area contributed by atoms with Crippen molar-refractivity contribution in [2.24, 2.45) is 0 Å². The monoisotopic (exact) mass is 410 g/mol. The molecule has 28 heavy (non-hydrogen) atoms. The third kappa shape index (κ3) is 5.20.